The lowest BCUT2D eigenvalue weighted by atomic mass is 10.2. The molecule has 0 fully saturated rings. The van der Waals surface area contributed by atoms with Gasteiger partial charge in [-0.2, -0.15) is 10.1 Å². The number of hydrogen-bond donors (Lipinski definition) is 2. The van der Waals surface area contributed by atoms with Crippen LogP contribution in [0.15, 0.2) is 40.4 Å². The van der Waals surface area contributed by atoms with E-state index in [1.807, 2.05) is 38.1 Å². The monoisotopic (exact) mass is 282 g/mol. The van der Waals surface area contributed by atoms with Crippen LogP contribution in [-0.4, -0.2) is 31.2 Å². The average Bonchev–Trinajstić information content (AvgIpc) is 3.07. The van der Waals surface area contributed by atoms with Crippen LogP contribution in [0.4, 0.5) is 5.95 Å². The van der Waals surface area contributed by atoms with Gasteiger partial charge in [-0.05, 0) is 26.0 Å². The van der Waals surface area contributed by atoms with Crippen molar-refractivity contribution in [2.45, 2.75) is 13.8 Å². The highest BCUT2D eigenvalue weighted by Gasteiger charge is 2.10. The second-order valence-corrected chi connectivity index (χ2v) is 4.69. The summed E-state index contributed by atoms with van der Waals surface area (Å²) in [5, 5.41) is 9.36. The second kappa shape index (κ2) is 5.20. The molecule has 0 radical (unpaired) electrons. The van der Waals surface area contributed by atoms with E-state index < -0.39 is 0 Å². The zero-order valence-corrected chi connectivity index (χ0v) is 11.7. The van der Waals surface area contributed by atoms with Gasteiger partial charge in [0.1, 0.15) is 6.33 Å². The Bertz CT molecular complexity index is 823. The molecule has 0 saturated carbocycles. The molecule has 3 rings (SSSR count). The molecular weight excluding hydrogens is 268 g/mol. The Labute approximate surface area is 120 Å². The number of H-pyrrole nitrogens is 2. The van der Waals surface area contributed by atoms with Crippen molar-refractivity contribution < 1.29 is 0 Å². The summed E-state index contributed by atoms with van der Waals surface area (Å²) in [6, 6.07) is 7.70. The van der Waals surface area contributed by atoms with Gasteiger partial charge in [-0.15, -0.1) is 0 Å². The minimum Gasteiger partial charge on any atom is -0.295 e. The Morgan fingerprint density at radius 2 is 2.00 bits per heavy atom. The summed E-state index contributed by atoms with van der Waals surface area (Å²) in [6.07, 6.45) is 2.85. The number of aliphatic imine (C=N–C) groups is 1. The predicted octanol–water partition coefficient (Wildman–Crippen LogP) is 1.65. The van der Waals surface area contributed by atoms with Gasteiger partial charge in [-0.25, -0.2) is 14.8 Å². The lowest BCUT2D eigenvalue weighted by Gasteiger charge is -2.01. The number of nitrogens with one attached hydrogen (secondary N) is 2. The zero-order chi connectivity index (χ0) is 14.8. The van der Waals surface area contributed by atoms with Crippen molar-refractivity contribution in [3.8, 4) is 5.69 Å². The smallest absolute Gasteiger partial charge is 0.280 e. The third-order valence-corrected chi connectivity index (χ3v) is 3.13. The van der Waals surface area contributed by atoms with Gasteiger partial charge in [-0.3, -0.25) is 9.89 Å². The molecule has 0 bridgehead atoms. The highest BCUT2D eigenvalue weighted by Crippen LogP contribution is 2.08. The molecule has 0 aliphatic rings. The quantitative estimate of drug-likeness (QED) is 0.715. The Morgan fingerprint density at radius 3 is 2.67 bits per heavy atom. The van der Waals surface area contributed by atoms with E-state index in [9.17, 15) is 4.79 Å². The van der Waals surface area contributed by atoms with Crippen LogP contribution in [-0.2, 0) is 0 Å². The minimum absolute atomic E-state index is 0.153. The number of aryl methyl sites for hydroxylation is 2. The van der Waals surface area contributed by atoms with Crippen LogP contribution < -0.4 is 5.56 Å². The molecule has 0 aliphatic heterocycles. The van der Waals surface area contributed by atoms with Gasteiger partial charge >= 0.3 is 0 Å². The van der Waals surface area contributed by atoms with Crippen molar-refractivity contribution in [2.75, 3.05) is 0 Å². The Kier molecular flexibility index (Phi) is 3.23. The number of aromatic amines is 2. The molecule has 7 heteroatoms. The normalized spacial score (nSPS) is 11.3. The summed E-state index contributed by atoms with van der Waals surface area (Å²) in [4.78, 5) is 20.4. The summed E-state index contributed by atoms with van der Waals surface area (Å²) in [5.74, 6) is 0.358. The average molecular weight is 282 g/mol. The molecule has 21 heavy (non-hydrogen) atoms. The molecule has 0 amide bonds. The van der Waals surface area contributed by atoms with Crippen molar-refractivity contribution in [1.82, 2.24) is 25.0 Å². The molecule has 3 aromatic rings. The fourth-order valence-corrected chi connectivity index (χ4v) is 1.97. The summed E-state index contributed by atoms with van der Waals surface area (Å²) < 4.78 is 1.50. The summed E-state index contributed by atoms with van der Waals surface area (Å²) >= 11 is 0. The number of hydrogen-bond acceptors (Lipinski definition) is 4. The van der Waals surface area contributed by atoms with Crippen LogP contribution in [0.25, 0.3) is 5.69 Å². The van der Waals surface area contributed by atoms with Crippen molar-refractivity contribution in [3.05, 3.63) is 57.8 Å². The Morgan fingerprint density at radius 1 is 1.24 bits per heavy atom. The maximum absolute atomic E-state index is 12.4. The fourth-order valence-electron chi connectivity index (χ4n) is 1.97. The minimum atomic E-state index is -0.153. The molecule has 0 spiro atoms. The third kappa shape index (κ3) is 2.53. The third-order valence-electron chi connectivity index (χ3n) is 3.13. The van der Waals surface area contributed by atoms with E-state index >= 15 is 0 Å². The second-order valence-electron chi connectivity index (χ2n) is 4.69. The Balaban J connectivity index is 2.00. The summed E-state index contributed by atoms with van der Waals surface area (Å²) in [7, 11) is 0. The first-order valence-corrected chi connectivity index (χ1v) is 6.43. The molecule has 106 valence electrons. The maximum Gasteiger partial charge on any atom is 0.280 e. The van der Waals surface area contributed by atoms with Crippen LogP contribution >= 0.6 is 0 Å². The maximum atomic E-state index is 12.4. The van der Waals surface area contributed by atoms with Gasteiger partial charge in [-0.1, -0.05) is 17.7 Å². The fraction of sp³-hybridized carbons (Fsp3) is 0.143. The summed E-state index contributed by atoms with van der Waals surface area (Å²) in [5.41, 5.74) is 3.01. The standard InChI is InChI=1S/C14H14N6O/c1-9-3-5-11(6-4-9)20-13(21)12(10(2)19-20)7-15-14-16-8-17-18-14/h3-8,19H,1-2H3,(H,16,17,18). The first kappa shape index (κ1) is 13.0. The van der Waals surface area contributed by atoms with Crippen molar-refractivity contribution in [3.63, 3.8) is 0 Å². The molecular formula is C14H14N6O. The molecule has 0 atom stereocenters. The highest BCUT2D eigenvalue weighted by molar-refractivity contribution is 5.82. The van der Waals surface area contributed by atoms with Crippen molar-refractivity contribution in [1.29, 1.82) is 0 Å². The van der Waals surface area contributed by atoms with E-state index in [2.05, 4.69) is 25.3 Å². The molecule has 0 saturated heterocycles. The number of rotatable bonds is 3. The van der Waals surface area contributed by atoms with Crippen LogP contribution in [0.1, 0.15) is 16.8 Å². The van der Waals surface area contributed by atoms with E-state index in [0.29, 0.717) is 11.5 Å². The topological polar surface area (TPSA) is 91.7 Å². The van der Waals surface area contributed by atoms with Crippen molar-refractivity contribution in [2.24, 2.45) is 4.99 Å². The van der Waals surface area contributed by atoms with Crippen LogP contribution in [0.5, 0.6) is 0 Å². The first-order chi connectivity index (χ1) is 10.1. The Hall–Kier alpha value is -2.96. The van der Waals surface area contributed by atoms with Gasteiger partial charge in [0.25, 0.3) is 5.56 Å². The van der Waals surface area contributed by atoms with Crippen molar-refractivity contribution >= 4 is 12.2 Å². The number of aromatic nitrogens is 5. The highest BCUT2D eigenvalue weighted by atomic mass is 16.1. The SMILES string of the molecule is Cc1ccc(-n2[nH]c(C)c(C=Nc3ncn[nH]3)c2=O)cc1. The lowest BCUT2D eigenvalue weighted by molar-refractivity contribution is 0.835. The molecule has 2 aromatic heterocycles. The molecule has 2 N–H and O–H groups in total. The van der Waals surface area contributed by atoms with E-state index in [1.54, 1.807) is 0 Å². The van der Waals surface area contributed by atoms with Gasteiger partial charge in [0.05, 0.1) is 11.3 Å². The van der Waals surface area contributed by atoms with E-state index in [1.165, 1.54) is 17.2 Å². The van der Waals surface area contributed by atoms with Gasteiger partial charge in [0.2, 0.25) is 5.95 Å². The van der Waals surface area contributed by atoms with E-state index in [4.69, 9.17) is 0 Å². The molecule has 0 unspecified atom stereocenters. The summed E-state index contributed by atoms with van der Waals surface area (Å²) in [6.45, 7) is 3.83. The van der Waals surface area contributed by atoms with Gasteiger partial charge in [0, 0.05) is 11.9 Å². The number of benzene rings is 1. The largest absolute Gasteiger partial charge is 0.295 e. The van der Waals surface area contributed by atoms with Crippen LogP contribution in [0.3, 0.4) is 0 Å². The van der Waals surface area contributed by atoms with Crippen LogP contribution in [0, 0.1) is 13.8 Å². The zero-order valence-electron chi connectivity index (χ0n) is 11.7. The molecule has 7 nitrogen and oxygen atoms in total. The molecule has 2 heterocycles. The first-order valence-electron chi connectivity index (χ1n) is 6.43. The lowest BCUT2D eigenvalue weighted by Crippen LogP contribution is -2.17. The van der Waals surface area contributed by atoms with E-state index in [0.717, 1.165) is 16.9 Å². The van der Waals surface area contributed by atoms with Gasteiger partial charge in [0.15, 0.2) is 0 Å². The van der Waals surface area contributed by atoms with E-state index in [-0.39, 0.29) is 5.56 Å². The molecule has 1 aromatic carbocycles. The van der Waals surface area contributed by atoms with Crippen LogP contribution in [0.2, 0.25) is 0 Å². The van der Waals surface area contributed by atoms with Gasteiger partial charge < -0.3 is 0 Å². The molecule has 0 aliphatic carbocycles. The number of nitrogens with zero attached hydrogens (tertiary/aromatic N) is 4. The predicted molar refractivity (Wildman–Crippen MR) is 79.5 cm³/mol.